The molecule has 3 aliphatic rings. The summed E-state index contributed by atoms with van der Waals surface area (Å²) in [6, 6.07) is 14.5. The summed E-state index contributed by atoms with van der Waals surface area (Å²) in [6.45, 7) is 5.82. The minimum atomic E-state index is 0.196. The van der Waals surface area contributed by atoms with Gasteiger partial charge in [0.15, 0.2) is 0 Å². The maximum absolute atomic E-state index is 13.8. The number of benzene rings is 2. The van der Waals surface area contributed by atoms with E-state index in [0.717, 1.165) is 86.2 Å². The smallest absolute Gasteiger partial charge is 0.230 e. The molecule has 6 heteroatoms. The van der Waals surface area contributed by atoms with Crippen LogP contribution in [0.15, 0.2) is 42.5 Å². The van der Waals surface area contributed by atoms with Crippen molar-refractivity contribution in [3.8, 4) is 0 Å². The first-order valence-electron chi connectivity index (χ1n) is 12.9. The quantitative estimate of drug-likeness (QED) is 0.501. The highest BCUT2D eigenvalue weighted by molar-refractivity contribution is 6.33. The Morgan fingerprint density at radius 1 is 0.882 bits per heavy atom. The number of amides is 1. The lowest BCUT2D eigenvalue weighted by molar-refractivity contribution is -0.124. The Balaban J connectivity index is 1.24. The number of hydrogen-bond donors (Lipinski definition) is 0. The zero-order chi connectivity index (χ0) is 23.5. The molecule has 2 heterocycles. The van der Waals surface area contributed by atoms with Crippen LogP contribution in [0.2, 0.25) is 10.0 Å². The minimum Gasteiger partial charge on any atom is -0.308 e. The van der Waals surface area contributed by atoms with Crippen molar-refractivity contribution in [2.75, 3.05) is 37.6 Å². The van der Waals surface area contributed by atoms with E-state index in [9.17, 15) is 4.79 Å². The summed E-state index contributed by atoms with van der Waals surface area (Å²) in [4.78, 5) is 21.0. The second-order valence-corrected chi connectivity index (χ2v) is 11.0. The molecule has 1 unspecified atom stereocenters. The van der Waals surface area contributed by atoms with Gasteiger partial charge in [0.05, 0.1) is 0 Å². The summed E-state index contributed by atoms with van der Waals surface area (Å²) in [5, 5.41) is 1.52. The Morgan fingerprint density at radius 3 is 2.41 bits per heavy atom. The third-order valence-electron chi connectivity index (χ3n) is 7.89. The van der Waals surface area contributed by atoms with Crippen molar-refractivity contribution in [3.05, 3.63) is 63.6 Å². The van der Waals surface area contributed by atoms with E-state index < -0.39 is 0 Å². The molecule has 1 saturated heterocycles. The molecule has 2 fully saturated rings. The number of halogens is 2. The van der Waals surface area contributed by atoms with Gasteiger partial charge in [-0.3, -0.25) is 14.6 Å². The summed E-state index contributed by atoms with van der Waals surface area (Å²) < 4.78 is 0. The first kappa shape index (κ1) is 24.1. The molecule has 4 nitrogen and oxygen atoms in total. The molecule has 1 amide bonds. The predicted octanol–water partition coefficient (Wildman–Crippen LogP) is 6.04. The first-order valence-corrected chi connectivity index (χ1v) is 13.6. The molecule has 0 radical (unpaired) electrons. The Hall–Kier alpha value is -1.59. The summed E-state index contributed by atoms with van der Waals surface area (Å²) in [7, 11) is 0. The first-order chi connectivity index (χ1) is 16.6. The standard InChI is InChI=1S/C28H35Cl2N3O/c29-24-11-13-26(30)23(18-24)19-31-14-16-32(17-15-31)20-25-12-10-21-6-4-5-9-27(21)33(25)28(34)22-7-2-1-3-8-22/h4-6,9,11,13,18,22,25H,1-3,7-8,10,12,14-17,19-20H2. The second kappa shape index (κ2) is 11.0. The van der Waals surface area contributed by atoms with Gasteiger partial charge in [-0.1, -0.05) is 60.7 Å². The van der Waals surface area contributed by atoms with Gasteiger partial charge in [-0.15, -0.1) is 0 Å². The lowest BCUT2D eigenvalue weighted by atomic mass is 9.86. The van der Waals surface area contributed by atoms with Gasteiger partial charge in [-0.05, 0) is 61.1 Å². The van der Waals surface area contributed by atoms with Crippen molar-refractivity contribution in [3.63, 3.8) is 0 Å². The van der Waals surface area contributed by atoms with Crippen LogP contribution in [-0.4, -0.2) is 54.5 Å². The van der Waals surface area contributed by atoms with Crippen LogP contribution in [-0.2, 0) is 17.8 Å². The van der Waals surface area contributed by atoms with Crippen molar-refractivity contribution in [2.24, 2.45) is 5.92 Å². The molecule has 1 aliphatic carbocycles. The van der Waals surface area contributed by atoms with Gasteiger partial charge < -0.3 is 4.90 Å². The average Bonchev–Trinajstić information content (AvgIpc) is 2.87. The van der Waals surface area contributed by atoms with Crippen LogP contribution >= 0.6 is 23.2 Å². The number of rotatable bonds is 5. The van der Waals surface area contributed by atoms with E-state index in [1.165, 1.54) is 24.8 Å². The van der Waals surface area contributed by atoms with E-state index in [0.29, 0.717) is 5.91 Å². The maximum Gasteiger partial charge on any atom is 0.230 e. The molecule has 1 saturated carbocycles. The molecule has 2 aromatic carbocycles. The molecule has 34 heavy (non-hydrogen) atoms. The number of hydrogen-bond acceptors (Lipinski definition) is 3. The summed E-state index contributed by atoms with van der Waals surface area (Å²) in [5.74, 6) is 0.563. The number of anilines is 1. The van der Waals surface area contributed by atoms with Crippen LogP contribution in [0.3, 0.4) is 0 Å². The van der Waals surface area contributed by atoms with Crippen molar-refractivity contribution in [1.29, 1.82) is 0 Å². The Labute approximate surface area is 213 Å². The van der Waals surface area contributed by atoms with Crippen LogP contribution in [0.5, 0.6) is 0 Å². The Kier molecular flexibility index (Phi) is 7.80. The second-order valence-electron chi connectivity index (χ2n) is 10.2. The number of carbonyl (C=O) groups is 1. The number of nitrogens with zero attached hydrogens (tertiary/aromatic N) is 3. The van der Waals surface area contributed by atoms with E-state index in [1.807, 2.05) is 18.2 Å². The molecular weight excluding hydrogens is 465 g/mol. The highest BCUT2D eigenvalue weighted by atomic mass is 35.5. The van der Waals surface area contributed by atoms with Gasteiger partial charge in [0.2, 0.25) is 5.91 Å². The fourth-order valence-corrected chi connectivity index (χ4v) is 6.33. The molecular formula is C28H35Cl2N3O. The molecule has 2 aliphatic heterocycles. The molecule has 0 aromatic heterocycles. The van der Waals surface area contributed by atoms with Crippen molar-refractivity contribution >= 4 is 34.8 Å². The predicted molar refractivity (Wildman–Crippen MR) is 141 cm³/mol. The molecule has 2 aromatic rings. The number of piperazine rings is 1. The molecule has 0 spiro atoms. The zero-order valence-electron chi connectivity index (χ0n) is 19.9. The van der Waals surface area contributed by atoms with Crippen molar-refractivity contribution in [1.82, 2.24) is 9.80 Å². The van der Waals surface area contributed by atoms with E-state index >= 15 is 0 Å². The normalized spacial score (nSPS) is 22.5. The minimum absolute atomic E-state index is 0.196. The topological polar surface area (TPSA) is 26.8 Å². The molecule has 0 N–H and O–H groups in total. The number of carbonyl (C=O) groups excluding carboxylic acids is 1. The summed E-state index contributed by atoms with van der Waals surface area (Å²) >= 11 is 12.6. The third kappa shape index (κ3) is 5.46. The fraction of sp³-hybridized carbons (Fsp3) is 0.536. The highest BCUT2D eigenvalue weighted by Crippen LogP contribution is 2.35. The van der Waals surface area contributed by atoms with Crippen molar-refractivity contribution < 1.29 is 4.79 Å². The van der Waals surface area contributed by atoms with Gasteiger partial charge >= 0.3 is 0 Å². The van der Waals surface area contributed by atoms with Crippen molar-refractivity contribution in [2.45, 2.75) is 57.5 Å². The van der Waals surface area contributed by atoms with Gasteiger partial charge in [0, 0.05) is 67.0 Å². The monoisotopic (exact) mass is 499 g/mol. The highest BCUT2D eigenvalue weighted by Gasteiger charge is 2.36. The molecule has 182 valence electrons. The number of aryl methyl sites for hydroxylation is 1. The largest absolute Gasteiger partial charge is 0.308 e. The summed E-state index contributed by atoms with van der Waals surface area (Å²) in [5.41, 5.74) is 3.57. The van der Waals surface area contributed by atoms with E-state index in [4.69, 9.17) is 23.2 Å². The van der Waals surface area contributed by atoms with Gasteiger partial charge in [-0.2, -0.15) is 0 Å². The number of fused-ring (bicyclic) bond motifs is 1. The molecule has 0 bridgehead atoms. The average molecular weight is 501 g/mol. The third-order valence-corrected chi connectivity index (χ3v) is 8.49. The van der Waals surface area contributed by atoms with E-state index in [1.54, 1.807) is 0 Å². The van der Waals surface area contributed by atoms with E-state index in [2.05, 4.69) is 39.0 Å². The van der Waals surface area contributed by atoms with Gasteiger partial charge in [0.1, 0.15) is 0 Å². The maximum atomic E-state index is 13.8. The van der Waals surface area contributed by atoms with E-state index in [-0.39, 0.29) is 12.0 Å². The number of para-hydroxylation sites is 1. The molecule has 1 atom stereocenters. The Morgan fingerprint density at radius 2 is 1.62 bits per heavy atom. The van der Waals surface area contributed by atoms with Gasteiger partial charge in [0.25, 0.3) is 0 Å². The van der Waals surface area contributed by atoms with Crippen LogP contribution in [0, 0.1) is 5.92 Å². The lowest BCUT2D eigenvalue weighted by Crippen LogP contribution is -2.55. The fourth-order valence-electron chi connectivity index (χ4n) is 5.96. The molecule has 5 rings (SSSR count). The van der Waals surface area contributed by atoms with Crippen LogP contribution in [0.1, 0.15) is 49.7 Å². The van der Waals surface area contributed by atoms with Crippen LogP contribution in [0.4, 0.5) is 5.69 Å². The lowest BCUT2D eigenvalue weighted by Gasteiger charge is -2.43. The SMILES string of the molecule is O=C(C1CCCCC1)N1c2ccccc2CCC1CN1CCN(Cc2cc(Cl)ccc2Cl)CC1. The van der Waals surface area contributed by atoms with Crippen LogP contribution in [0.25, 0.3) is 0 Å². The Bertz CT molecular complexity index is 999. The van der Waals surface area contributed by atoms with Gasteiger partial charge in [-0.25, -0.2) is 0 Å². The zero-order valence-corrected chi connectivity index (χ0v) is 21.4. The van der Waals surface area contributed by atoms with Crippen LogP contribution < -0.4 is 4.90 Å². The summed E-state index contributed by atoms with van der Waals surface area (Å²) in [6.07, 6.45) is 7.86.